The van der Waals surface area contributed by atoms with Crippen LogP contribution in [0.1, 0.15) is 47.5 Å². The molecule has 12 nitrogen and oxygen atoms in total. The van der Waals surface area contributed by atoms with Gasteiger partial charge >= 0.3 is 24.1 Å². The molecule has 0 fully saturated rings. The first-order valence-corrected chi connectivity index (χ1v) is 11.6. The average Bonchev–Trinajstić information content (AvgIpc) is 2.86. The van der Waals surface area contributed by atoms with Gasteiger partial charge in [-0.25, -0.2) is 19.1 Å². The van der Waals surface area contributed by atoms with Gasteiger partial charge in [-0.1, -0.05) is 33.6 Å². The largest absolute Gasteiger partial charge is 0.517 e. The highest BCUT2D eigenvalue weighted by molar-refractivity contribution is 5.89. The van der Waals surface area contributed by atoms with Gasteiger partial charge in [0.15, 0.2) is 0 Å². The molecule has 0 aromatic heterocycles. The van der Waals surface area contributed by atoms with Crippen LogP contribution in [-0.4, -0.2) is 83.8 Å². The van der Waals surface area contributed by atoms with Crippen LogP contribution in [0, 0.1) is 10.8 Å². The SMILES string of the molecule is C=C(C)C(=O)OC(OC(OCC(CC)(CO)CO)(OC(=O)C(=C)C)OC(=O)C(=C)C)C(CC)(CO)CO. The summed E-state index contributed by atoms with van der Waals surface area (Å²) < 4.78 is 27.1. The Bertz CT molecular complexity index is 794. The third-order valence-corrected chi connectivity index (χ3v) is 5.76. The Kier molecular flexibility index (Phi) is 13.9. The van der Waals surface area contributed by atoms with E-state index < -0.39 is 74.2 Å². The smallest absolute Gasteiger partial charge is 0.431 e. The molecular weight excluding hydrogens is 492 g/mol. The van der Waals surface area contributed by atoms with E-state index in [-0.39, 0.29) is 29.6 Å². The summed E-state index contributed by atoms with van der Waals surface area (Å²) in [6.45, 7) is 14.1. The van der Waals surface area contributed by atoms with E-state index in [1.54, 1.807) is 13.8 Å². The van der Waals surface area contributed by atoms with Crippen molar-refractivity contribution in [2.75, 3.05) is 33.0 Å². The Balaban J connectivity index is 7.01. The predicted octanol–water partition coefficient (Wildman–Crippen LogP) is 1.08. The molecule has 0 radical (unpaired) electrons. The van der Waals surface area contributed by atoms with Gasteiger partial charge in [0, 0.05) is 22.1 Å². The summed E-state index contributed by atoms with van der Waals surface area (Å²) in [5, 5.41) is 39.9. The van der Waals surface area contributed by atoms with Crippen LogP contribution < -0.4 is 0 Å². The maximum Gasteiger partial charge on any atom is 0.517 e. The molecule has 0 spiro atoms. The molecule has 0 rings (SSSR count). The molecule has 0 amide bonds. The normalized spacial score (nSPS) is 12.9. The molecule has 12 heteroatoms. The van der Waals surface area contributed by atoms with Crippen molar-refractivity contribution in [1.82, 2.24) is 0 Å². The van der Waals surface area contributed by atoms with Gasteiger partial charge in [-0.05, 0) is 33.6 Å². The summed E-state index contributed by atoms with van der Waals surface area (Å²) >= 11 is 0. The average molecular weight is 533 g/mol. The highest BCUT2D eigenvalue weighted by atomic mass is 17.0. The summed E-state index contributed by atoms with van der Waals surface area (Å²) in [5.74, 6) is -3.33. The van der Waals surface area contributed by atoms with E-state index in [1.807, 2.05) is 0 Å². The van der Waals surface area contributed by atoms with Crippen LogP contribution in [0.3, 0.4) is 0 Å². The Morgan fingerprint density at radius 1 is 0.730 bits per heavy atom. The third kappa shape index (κ3) is 9.33. The number of carbonyl (C=O) groups excluding carboxylic acids is 3. The number of carbonyl (C=O) groups is 3. The second-order valence-corrected chi connectivity index (χ2v) is 8.97. The van der Waals surface area contributed by atoms with Gasteiger partial charge in [-0.3, -0.25) is 4.74 Å². The van der Waals surface area contributed by atoms with Crippen LogP contribution in [-0.2, 0) is 38.1 Å². The molecule has 4 N–H and O–H groups in total. The monoisotopic (exact) mass is 532 g/mol. The van der Waals surface area contributed by atoms with Gasteiger partial charge < -0.3 is 34.6 Å². The second-order valence-electron chi connectivity index (χ2n) is 8.97. The molecule has 0 aliphatic carbocycles. The number of esters is 3. The molecule has 1 unspecified atom stereocenters. The first kappa shape index (κ1) is 34.4. The summed E-state index contributed by atoms with van der Waals surface area (Å²) in [5.41, 5.74) is -3.43. The minimum absolute atomic E-state index is 0.0424. The van der Waals surface area contributed by atoms with Gasteiger partial charge in [0.05, 0.1) is 38.4 Å². The van der Waals surface area contributed by atoms with Crippen molar-refractivity contribution in [2.45, 2.75) is 59.9 Å². The van der Waals surface area contributed by atoms with Gasteiger partial charge in [-0.2, -0.15) is 0 Å². The number of rotatable bonds is 18. The number of ether oxygens (including phenoxy) is 5. The number of aliphatic hydroxyl groups excluding tert-OH is 4. The number of hydrogen-bond donors (Lipinski definition) is 4. The Morgan fingerprint density at radius 2 is 1.16 bits per heavy atom. The van der Waals surface area contributed by atoms with Crippen molar-refractivity contribution in [2.24, 2.45) is 10.8 Å². The van der Waals surface area contributed by atoms with E-state index >= 15 is 0 Å². The lowest BCUT2D eigenvalue weighted by Crippen LogP contribution is -2.56. The van der Waals surface area contributed by atoms with Crippen molar-refractivity contribution >= 4 is 17.9 Å². The molecule has 0 aromatic carbocycles. The zero-order chi connectivity index (χ0) is 29.0. The maximum absolute atomic E-state index is 12.6. The fourth-order valence-corrected chi connectivity index (χ4v) is 2.46. The standard InChI is InChI=1S/C25H40O12/c1-9-23(11-26,12-27)15-33-25(35-20(31)17(5)6,36-21(32)18(7)8)37-22(34-19(30)16(3)4)24(10-2,13-28)14-29/h22,26-29H,3,5,7,9-15H2,1-2,4,6,8H3. The van der Waals surface area contributed by atoms with E-state index in [2.05, 4.69) is 19.7 Å². The lowest BCUT2D eigenvalue weighted by atomic mass is 9.86. The minimum Gasteiger partial charge on any atom is -0.431 e. The van der Waals surface area contributed by atoms with Crippen molar-refractivity contribution < 1.29 is 58.5 Å². The molecule has 0 heterocycles. The van der Waals surface area contributed by atoms with Gasteiger partial charge in [-0.15, -0.1) is 0 Å². The highest BCUT2D eigenvalue weighted by Gasteiger charge is 2.53. The van der Waals surface area contributed by atoms with E-state index in [0.29, 0.717) is 0 Å². The van der Waals surface area contributed by atoms with Crippen LogP contribution in [0.25, 0.3) is 0 Å². The molecule has 0 bridgehead atoms. The molecule has 0 saturated carbocycles. The Labute approximate surface area is 217 Å². The van der Waals surface area contributed by atoms with Crippen LogP contribution in [0.15, 0.2) is 36.5 Å². The van der Waals surface area contributed by atoms with Crippen LogP contribution in [0.5, 0.6) is 0 Å². The summed E-state index contributed by atoms with van der Waals surface area (Å²) in [6, 6.07) is 0. The fourth-order valence-electron chi connectivity index (χ4n) is 2.46. The summed E-state index contributed by atoms with van der Waals surface area (Å²) in [7, 11) is 0. The van der Waals surface area contributed by atoms with Gasteiger partial charge in [0.1, 0.15) is 0 Å². The van der Waals surface area contributed by atoms with Crippen molar-refractivity contribution in [3.05, 3.63) is 36.5 Å². The van der Waals surface area contributed by atoms with E-state index in [9.17, 15) is 34.8 Å². The molecule has 0 saturated heterocycles. The van der Waals surface area contributed by atoms with Crippen molar-refractivity contribution in [3.63, 3.8) is 0 Å². The minimum atomic E-state index is -3.11. The third-order valence-electron chi connectivity index (χ3n) is 5.76. The van der Waals surface area contributed by atoms with E-state index in [0.717, 1.165) is 0 Å². The summed E-state index contributed by atoms with van der Waals surface area (Å²) in [6.07, 6.45) is -4.92. The topological polar surface area (TPSA) is 178 Å². The van der Waals surface area contributed by atoms with Crippen molar-refractivity contribution in [1.29, 1.82) is 0 Å². The predicted molar refractivity (Wildman–Crippen MR) is 130 cm³/mol. The summed E-state index contributed by atoms with van der Waals surface area (Å²) in [4.78, 5) is 37.6. The highest BCUT2D eigenvalue weighted by Crippen LogP contribution is 2.36. The molecule has 37 heavy (non-hydrogen) atoms. The lowest BCUT2D eigenvalue weighted by molar-refractivity contribution is -0.501. The number of hydrogen-bond acceptors (Lipinski definition) is 12. The second kappa shape index (κ2) is 15.0. The van der Waals surface area contributed by atoms with E-state index in [4.69, 9.17) is 23.7 Å². The van der Waals surface area contributed by atoms with Crippen LogP contribution in [0.2, 0.25) is 0 Å². The Morgan fingerprint density at radius 3 is 1.46 bits per heavy atom. The first-order valence-electron chi connectivity index (χ1n) is 11.6. The van der Waals surface area contributed by atoms with Crippen molar-refractivity contribution in [3.8, 4) is 0 Å². The molecular formula is C25H40O12. The zero-order valence-electron chi connectivity index (χ0n) is 22.2. The number of aliphatic hydroxyl groups is 4. The Hall–Kier alpha value is -2.61. The molecule has 0 aliphatic rings. The first-order chi connectivity index (χ1) is 17.2. The molecule has 1 atom stereocenters. The zero-order valence-corrected chi connectivity index (χ0v) is 22.2. The molecule has 0 aliphatic heterocycles. The molecule has 0 aromatic rings. The maximum atomic E-state index is 12.6. The molecule has 212 valence electrons. The fraction of sp³-hybridized carbons (Fsp3) is 0.640. The van der Waals surface area contributed by atoms with Crippen LogP contribution in [0.4, 0.5) is 0 Å². The lowest BCUT2D eigenvalue weighted by Gasteiger charge is -2.41. The van der Waals surface area contributed by atoms with Gasteiger partial charge in [0.25, 0.3) is 0 Å². The quantitative estimate of drug-likeness (QED) is 0.112. The van der Waals surface area contributed by atoms with Gasteiger partial charge in [0.2, 0.25) is 6.29 Å². The van der Waals surface area contributed by atoms with E-state index in [1.165, 1.54) is 20.8 Å². The van der Waals surface area contributed by atoms with Crippen LogP contribution >= 0.6 is 0 Å².